The Morgan fingerprint density at radius 3 is 0.780 bits per heavy atom. The predicted octanol–water partition coefficient (Wildman–Crippen LogP) is 23.1. The molecular formula is C82H76N4S5. The molecule has 0 saturated heterocycles. The molecule has 7 aromatic carbocycles. The van der Waals surface area contributed by atoms with Crippen molar-refractivity contribution in [1.29, 1.82) is 21.0 Å². The lowest BCUT2D eigenvalue weighted by Crippen LogP contribution is -1.97. The number of rotatable bonds is 22. The van der Waals surface area contributed by atoms with Crippen molar-refractivity contribution >= 4 is 122 Å². The van der Waals surface area contributed by atoms with Crippen molar-refractivity contribution in [2.75, 3.05) is 0 Å². The van der Waals surface area contributed by atoms with E-state index in [-0.39, 0.29) is 11.1 Å². The van der Waals surface area contributed by atoms with Crippen molar-refractivity contribution in [1.82, 2.24) is 0 Å². The molecule has 0 radical (unpaired) electrons. The summed E-state index contributed by atoms with van der Waals surface area (Å²) < 4.78 is 10.7. The largest absolute Gasteiger partial charge is 0.192 e. The van der Waals surface area contributed by atoms with E-state index in [2.05, 4.69) is 173 Å². The Kier molecular flexibility index (Phi) is 20.5. The first-order chi connectivity index (χ1) is 44.8. The zero-order chi connectivity index (χ0) is 62.8. The van der Waals surface area contributed by atoms with Gasteiger partial charge in [-0.3, -0.25) is 0 Å². The van der Waals surface area contributed by atoms with Crippen LogP contribution in [0.25, 0.3) is 87.3 Å². The molecule has 0 unspecified atom stereocenters. The van der Waals surface area contributed by atoms with E-state index in [1.54, 1.807) is 22.7 Å². The second-order valence-electron chi connectivity index (χ2n) is 24.4. The van der Waals surface area contributed by atoms with E-state index < -0.39 is 0 Å². The summed E-state index contributed by atoms with van der Waals surface area (Å²) in [5.74, 6) is 0. The minimum atomic E-state index is 0.133. The molecule has 0 amide bonds. The standard InChI is InChI=1S/C82H76N4S5/c1-5-9-13-17-29-53-41-54(30-18-14-10-6-2)44-57(43-53)69-47-71-72(48-70(69)58-45-55(31-19-15-11-7-3)42-56(46-58)32-20-16-12-8-4)82(80-68-40-28-26-38-66(68)78(90-80)76-64-36-24-22-34-62(64)74(88-76)60(51-85)52-86)91-81(71)79-67-39-27-25-37-65(67)77(89-79)75-63-35-23-21-33-61(63)73(87-75)59(49-83)50-84/h21-28,33-48H,5-20,29-32H2,1-4H3/b77-75+,78-76+,81-79+,82-80+. The molecule has 0 saturated carbocycles. The number of thiophene rings is 5. The summed E-state index contributed by atoms with van der Waals surface area (Å²) in [6.07, 6.45) is 23.7. The average molecular weight is 1280 g/mol. The predicted molar refractivity (Wildman–Crippen MR) is 391 cm³/mol. The molecular weight excluding hydrogens is 1200 g/mol. The molecule has 0 fully saturated rings. The topological polar surface area (TPSA) is 95.2 Å². The van der Waals surface area contributed by atoms with Gasteiger partial charge in [-0.1, -0.05) is 238 Å². The van der Waals surface area contributed by atoms with Gasteiger partial charge in [-0.15, -0.1) is 56.7 Å². The molecule has 0 aliphatic heterocycles. The Balaban J connectivity index is 1.30. The number of benzene rings is 7. The first-order valence-electron chi connectivity index (χ1n) is 33.1. The molecule has 9 heteroatoms. The Hall–Kier alpha value is -7.96. The monoisotopic (exact) mass is 1280 g/mol. The van der Waals surface area contributed by atoms with Gasteiger partial charge in [0.2, 0.25) is 0 Å². The van der Waals surface area contributed by atoms with Gasteiger partial charge in [0, 0.05) is 53.9 Å². The number of hydrogen-bond acceptors (Lipinski definition) is 9. The summed E-state index contributed by atoms with van der Waals surface area (Å²) >= 11 is 8.66. The van der Waals surface area contributed by atoms with E-state index in [1.807, 2.05) is 58.3 Å². The van der Waals surface area contributed by atoms with Gasteiger partial charge in [0.15, 0.2) is 0 Å². The van der Waals surface area contributed by atoms with Crippen LogP contribution in [0, 0.1) is 81.6 Å². The number of hydrogen-bond donors (Lipinski definition) is 0. The highest BCUT2D eigenvalue weighted by Gasteiger charge is 2.20. The molecule has 91 heavy (non-hydrogen) atoms. The number of fused-ring (bicyclic) bond motifs is 5. The third-order valence-electron chi connectivity index (χ3n) is 18.1. The van der Waals surface area contributed by atoms with Crippen LogP contribution in [-0.2, 0) is 25.7 Å². The third kappa shape index (κ3) is 13.1. The average Bonchev–Trinajstić information content (AvgIpc) is 1.59. The van der Waals surface area contributed by atoms with Crippen molar-refractivity contribution < 1.29 is 0 Å². The highest BCUT2D eigenvalue weighted by Crippen LogP contribution is 2.43. The molecule has 454 valence electrons. The minimum Gasteiger partial charge on any atom is -0.192 e. The Labute approximate surface area is 554 Å². The molecule has 0 N–H and O–H groups in total. The zero-order valence-electron chi connectivity index (χ0n) is 52.8. The molecule has 5 aromatic heterocycles. The third-order valence-corrected chi connectivity index (χ3v) is 24.9. The van der Waals surface area contributed by atoms with Gasteiger partial charge >= 0.3 is 0 Å². The van der Waals surface area contributed by atoms with E-state index in [9.17, 15) is 21.0 Å². The summed E-state index contributed by atoms with van der Waals surface area (Å²) in [5.41, 5.74) is 11.1. The van der Waals surface area contributed by atoms with Crippen molar-refractivity contribution in [3.8, 4) is 46.5 Å². The van der Waals surface area contributed by atoms with Crippen LogP contribution in [0.3, 0.4) is 0 Å². The van der Waals surface area contributed by atoms with Crippen LogP contribution in [0.15, 0.2) is 146 Å². The van der Waals surface area contributed by atoms with Gasteiger partial charge < -0.3 is 0 Å². The molecule has 12 rings (SSSR count). The summed E-state index contributed by atoms with van der Waals surface area (Å²) in [7, 11) is 0. The van der Waals surface area contributed by atoms with Crippen LogP contribution in [0.2, 0.25) is 0 Å². The number of aryl methyl sites for hydroxylation is 4. The molecule has 4 nitrogen and oxygen atoms in total. The van der Waals surface area contributed by atoms with Crippen LogP contribution in [0.4, 0.5) is 0 Å². The van der Waals surface area contributed by atoms with Gasteiger partial charge in [0.1, 0.15) is 35.4 Å². The maximum Gasteiger partial charge on any atom is 0.147 e. The molecule has 0 aliphatic carbocycles. The van der Waals surface area contributed by atoms with E-state index in [1.165, 1.54) is 187 Å². The summed E-state index contributed by atoms with van der Waals surface area (Å²) in [5, 5.41) is 52.3. The van der Waals surface area contributed by atoms with E-state index in [4.69, 9.17) is 0 Å². The quantitative estimate of drug-likeness (QED) is 0.0632. The smallest absolute Gasteiger partial charge is 0.147 e. The molecule has 12 aromatic rings. The fourth-order valence-corrected chi connectivity index (χ4v) is 20.3. The fraction of sp³-hybridized carbons (Fsp3) is 0.293. The second kappa shape index (κ2) is 29.5. The number of nitrogens with zero attached hydrogens (tertiary/aromatic N) is 4. The van der Waals surface area contributed by atoms with Crippen LogP contribution in [-0.4, -0.2) is 0 Å². The number of unbranched alkanes of at least 4 members (excludes halogenated alkanes) is 12. The number of nitriles is 4. The van der Waals surface area contributed by atoms with Gasteiger partial charge in [-0.2, -0.15) is 21.0 Å². The van der Waals surface area contributed by atoms with Gasteiger partial charge in [0.05, 0.1) is 45.3 Å². The molecule has 0 bridgehead atoms. The van der Waals surface area contributed by atoms with Gasteiger partial charge in [-0.25, -0.2) is 0 Å². The molecule has 0 spiro atoms. The second-order valence-corrected chi connectivity index (χ2v) is 29.5. The Morgan fingerprint density at radius 2 is 0.516 bits per heavy atom. The maximum atomic E-state index is 10.3. The SMILES string of the molecule is CCCCCCc1cc(CCCCCC)cc(-c2cc3/c(=c4\s/c(=c5/sc(=C(C#N)C#N)c6ccccc56)c5ccccc45)s/c(=c4/s/c(=c5/sc(=C(C#N)C#N)c6ccccc56)c5ccccc45)c3cc2-c2cc(CCCCCC)cc(CCCCCC)c2)c1. The van der Waals surface area contributed by atoms with Crippen molar-refractivity contribution in [3.63, 3.8) is 0 Å². The van der Waals surface area contributed by atoms with E-state index in [0.29, 0.717) is 9.06 Å². The van der Waals surface area contributed by atoms with E-state index >= 15 is 0 Å². The van der Waals surface area contributed by atoms with Crippen LogP contribution < -0.4 is 9.06 Å². The van der Waals surface area contributed by atoms with Crippen LogP contribution in [0.5, 0.6) is 0 Å². The van der Waals surface area contributed by atoms with Crippen molar-refractivity contribution in [2.45, 2.75) is 156 Å². The van der Waals surface area contributed by atoms with E-state index in [0.717, 1.165) is 76.1 Å². The Morgan fingerprint density at radius 1 is 0.275 bits per heavy atom. The van der Waals surface area contributed by atoms with Crippen molar-refractivity contribution in [3.05, 3.63) is 213 Å². The summed E-state index contributed by atoms with van der Waals surface area (Å²) in [6.45, 7) is 9.21. The molecule has 0 atom stereocenters. The van der Waals surface area contributed by atoms with Gasteiger partial charge in [-0.05, 0) is 108 Å². The molecule has 5 heterocycles. The lowest BCUT2D eigenvalue weighted by atomic mass is 9.87. The van der Waals surface area contributed by atoms with Gasteiger partial charge in [0.25, 0.3) is 0 Å². The Bertz CT molecular complexity index is 5020. The highest BCUT2D eigenvalue weighted by molar-refractivity contribution is 7.16. The minimum absolute atomic E-state index is 0.133. The fourth-order valence-electron chi connectivity index (χ4n) is 13.4. The first-order valence-corrected chi connectivity index (χ1v) is 37.2. The van der Waals surface area contributed by atoms with Crippen LogP contribution >= 0.6 is 56.7 Å². The van der Waals surface area contributed by atoms with Crippen LogP contribution in [0.1, 0.15) is 153 Å². The lowest BCUT2D eigenvalue weighted by Gasteiger charge is -2.17. The maximum absolute atomic E-state index is 10.3. The molecule has 0 aliphatic rings. The summed E-state index contributed by atoms with van der Waals surface area (Å²) in [4.78, 5) is 0. The summed E-state index contributed by atoms with van der Waals surface area (Å²) in [6, 6.07) is 63.6. The lowest BCUT2D eigenvalue weighted by molar-refractivity contribution is 0.661. The normalized spacial score (nSPS) is 13.1. The zero-order valence-corrected chi connectivity index (χ0v) is 56.9. The first kappa shape index (κ1) is 63.2. The highest BCUT2D eigenvalue weighted by atomic mass is 32.1. The van der Waals surface area contributed by atoms with Crippen molar-refractivity contribution in [2.24, 2.45) is 0 Å².